The van der Waals surface area contributed by atoms with Crippen LogP contribution in [0.1, 0.15) is 0 Å². The lowest BCUT2D eigenvalue weighted by Crippen LogP contribution is -2.40. The lowest BCUT2D eigenvalue weighted by Gasteiger charge is -2.33. The topological polar surface area (TPSA) is 21.7 Å². The van der Waals surface area contributed by atoms with Gasteiger partial charge in [-0.2, -0.15) is 0 Å². The molecule has 0 fully saturated rings. The zero-order chi connectivity index (χ0) is 10.8. The van der Waals surface area contributed by atoms with Crippen LogP contribution >= 0.6 is 11.6 Å². The van der Waals surface area contributed by atoms with Crippen LogP contribution < -0.4 is 9.64 Å². The molecule has 1 aliphatic heterocycles. The number of fused-ring (bicyclic) bond motifs is 1. The van der Waals surface area contributed by atoms with E-state index in [0.29, 0.717) is 6.61 Å². The highest BCUT2D eigenvalue weighted by atomic mass is 35.5. The molecule has 0 N–H and O–H groups in total. The van der Waals surface area contributed by atoms with Crippen molar-refractivity contribution in [3.8, 4) is 5.75 Å². The van der Waals surface area contributed by atoms with E-state index >= 15 is 0 Å². The van der Waals surface area contributed by atoms with Crippen molar-refractivity contribution in [2.75, 3.05) is 32.2 Å². The summed E-state index contributed by atoms with van der Waals surface area (Å²) in [5, 5.41) is 0.731. The maximum absolute atomic E-state index is 5.93. The van der Waals surface area contributed by atoms with Crippen molar-refractivity contribution >= 4 is 17.3 Å². The summed E-state index contributed by atoms with van der Waals surface area (Å²) in [7, 11) is 3.71. The molecule has 1 aromatic rings. The first-order chi connectivity index (χ1) is 7.20. The summed E-state index contributed by atoms with van der Waals surface area (Å²) in [6, 6.07) is 5.65. The van der Waals surface area contributed by atoms with Crippen LogP contribution in [-0.4, -0.2) is 33.4 Å². The number of rotatable bonds is 2. The van der Waals surface area contributed by atoms with Crippen molar-refractivity contribution in [1.29, 1.82) is 0 Å². The Kier molecular flexibility index (Phi) is 3.03. The summed E-state index contributed by atoms with van der Waals surface area (Å²) in [4.78, 5) is 2.13. The highest BCUT2D eigenvalue weighted by Gasteiger charge is 2.23. The SMILES string of the molecule is COC[C@@H]1CN(C)c2cc(Cl)ccc2O1. The molecule has 1 aliphatic rings. The maximum atomic E-state index is 5.93. The molecule has 1 heterocycles. The summed E-state index contributed by atoms with van der Waals surface area (Å²) in [5.74, 6) is 0.871. The molecule has 0 unspecified atom stereocenters. The van der Waals surface area contributed by atoms with Crippen LogP contribution in [-0.2, 0) is 4.74 Å². The average Bonchev–Trinajstić information content (AvgIpc) is 2.20. The van der Waals surface area contributed by atoms with E-state index in [1.54, 1.807) is 7.11 Å². The van der Waals surface area contributed by atoms with Crippen LogP contribution in [0.4, 0.5) is 5.69 Å². The van der Waals surface area contributed by atoms with Crippen molar-refractivity contribution in [3.63, 3.8) is 0 Å². The van der Waals surface area contributed by atoms with Crippen molar-refractivity contribution in [2.24, 2.45) is 0 Å². The number of ether oxygens (including phenoxy) is 2. The van der Waals surface area contributed by atoms with Gasteiger partial charge in [-0.3, -0.25) is 0 Å². The Balaban J connectivity index is 2.24. The molecule has 0 spiro atoms. The highest BCUT2D eigenvalue weighted by molar-refractivity contribution is 6.30. The zero-order valence-electron chi connectivity index (χ0n) is 8.87. The van der Waals surface area contributed by atoms with E-state index in [1.807, 2.05) is 25.2 Å². The summed E-state index contributed by atoms with van der Waals surface area (Å²) in [5.41, 5.74) is 1.04. The molecule has 0 aromatic heterocycles. The number of likely N-dealkylation sites (N-methyl/N-ethyl adjacent to an activating group) is 1. The minimum Gasteiger partial charge on any atom is -0.484 e. The predicted octanol–water partition coefficient (Wildman–Crippen LogP) is 2.18. The first kappa shape index (κ1) is 10.6. The predicted molar refractivity (Wildman–Crippen MR) is 61.0 cm³/mol. The standard InChI is InChI=1S/C11H14ClNO2/c1-13-6-9(7-14-2)15-11-4-3-8(12)5-10(11)13/h3-5,9H,6-7H2,1-2H3/t9-/m0/s1. The molecule has 0 aliphatic carbocycles. The Bertz CT molecular complexity index is 356. The molecular weight excluding hydrogens is 214 g/mol. The summed E-state index contributed by atoms with van der Waals surface area (Å²) in [6.45, 7) is 1.42. The van der Waals surface area contributed by atoms with E-state index in [9.17, 15) is 0 Å². The van der Waals surface area contributed by atoms with Crippen LogP contribution in [0.5, 0.6) is 5.75 Å². The van der Waals surface area contributed by atoms with Gasteiger partial charge >= 0.3 is 0 Å². The summed E-state index contributed by atoms with van der Waals surface area (Å²) in [6.07, 6.45) is 0.0914. The summed E-state index contributed by atoms with van der Waals surface area (Å²) < 4.78 is 10.9. The van der Waals surface area contributed by atoms with E-state index < -0.39 is 0 Å². The van der Waals surface area contributed by atoms with Gasteiger partial charge in [0.2, 0.25) is 0 Å². The number of anilines is 1. The van der Waals surface area contributed by atoms with Crippen molar-refractivity contribution in [2.45, 2.75) is 6.10 Å². The van der Waals surface area contributed by atoms with Gasteiger partial charge in [0.05, 0.1) is 18.8 Å². The lowest BCUT2D eigenvalue weighted by atomic mass is 10.2. The highest BCUT2D eigenvalue weighted by Crippen LogP contribution is 2.34. The number of halogens is 1. The van der Waals surface area contributed by atoms with Crippen LogP contribution in [0.15, 0.2) is 18.2 Å². The first-order valence-electron chi connectivity index (χ1n) is 4.87. The quantitative estimate of drug-likeness (QED) is 0.773. The first-order valence-corrected chi connectivity index (χ1v) is 5.25. The number of benzene rings is 1. The fraction of sp³-hybridized carbons (Fsp3) is 0.455. The van der Waals surface area contributed by atoms with Crippen LogP contribution in [0, 0.1) is 0 Å². The van der Waals surface area contributed by atoms with Gasteiger partial charge in [-0.1, -0.05) is 11.6 Å². The van der Waals surface area contributed by atoms with E-state index in [0.717, 1.165) is 23.0 Å². The molecule has 82 valence electrons. The van der Waals surface area contributed by atoms with Gasteiger partial charge in [0.1, 0.15) is 11.9 Å². The monoisotopic (exact) mass is 227 g/mol. The molecule has 0 saturated heterocycles. The summed E-state index contributed by atoms with van der Waals surface area (Å²) >= 11 is 5.93. The Labute approximate surface area is 94.5 Å². The Morgan fingerprint density at radius 3 is 3.13 bits per heavy atom. The molecule has 0 radical (unpaired) electrons. The molecule has 4 heteroatoms. The minimum absolute atomic E-state index is 0.0914. The third-order valence-electron chi connectivity index (χ3n) is 2.46. The normalized spacial score (nSPS) is 19.7. The average molecular weight is 228 g/mol. The van der Waals surface area contributed by atoms with E-state index in [4.69, 9.17) is 21.1 Å². The smallest absolute Gasteiger partial charge is 0.143 e. The number of nitrogens with zero attached hydrogens (tertiary/aromatic N) is 1. The molecule has 2 rings (SSSR count). The van der Waals surface area contributed by atoms with Gasteiger partial charge in [0.25, 0.3) is 0 Å². The maximum Gasteiger partial charge on any atom is 0.143 e. The lowest BCUT2D eigenvalue weighted by molar-refractivity contribution is 0.0801. The van der Waals surface area contributed by atoms with Gasteiger partial charge in [-0.25, -0.2) is 0 Å². The van der Waals surface area contributed by atoms with Gasteiger partial charge in [-0.05, 0) is 18.2 Å². The molecule has 0 saturated carbocycles. The van der Waals surface area contributed by atoms with Crippen LogP contribution in [0.2, 0.25) is 5.02 Å². The Hall–Kier alpha value is -0.930. The van der Waals surface area contributed by atoms with Gasteiger partial charge in [0.15, 0.2) is 0 Å². The molecule has 0 amide bonds. The number of hydrogen-bond acceptors (Lipinski definition) is 3. The van der Waals surface area contributed by atoms with E-state index in [1.165, 1.54) is 0 Å². The molecule has 15 heavy (non-hydrogen) atoms. The van der Waals surface area contributed by atoms with E-state index in [-0.39, 0.29) is 6.10 Å². The van der Waals surface area contributed by atoms with Gasteiger partial charge < -0.3 is 14.4 Å². The second-order valence-electron chi connectivity index (χ2n) is 3.69. The molecular formula is C11H14ClNO2. The van der Waals surface area contributed by atoms with Gasteiger partial charge in [0, 0.05) is 19.2 Å². The minimum atomic E-state index is 0.0914. The van der Waals surface area contributed by atoms with E-state index in [2.05, 4.69) is 4.90 Å². The van der Waals surface area contributed by atoms with Crippen LogP contribution in [0.3, 0.4) is 0 Å². The Morgan fingerprint density at radius 1 is 1.60 bits per heavy atom. The largest absolute Gasteiger partial charge is 0.484 e. The van der Waals surface area contributed by atoms with Crippen molar-refractivity contribution in [1.82, 2.24) is 0 Å². The zero-order valence-corrected chi connectivity index (χ0v) is 9.62. The van der Waals surface area contributed by atoms with Crippen molar-refractivity contribution in [3.05, 3.63) is 23.2 Å². The fourth-order valence-corrected chi connectivity index (χ4v) is 1.95. The number of methoxy groups -OCH3 is 1. The fourth-order valence-electron chi connectivity index (χ4n) is 1.78. The second-order valence-corrected chi connectivity index (χ2v) is 4.12. The van der Waals surface area contributed by atoms with Crippen molar-refractivity contribution < 1.29 is 9.47 Å². The number of hydrogen-bond donors (Lipinski definition) is 0. The Morgan fingerprint density at radius 2 is 2.40 bits per heavy atom. The molecule has 1 aromatic carbocycles. The molecule has 3 nitrogen and oxygen atoms in total. The molecule has 1 atom stereocenters. The third-order valence-corrected chi connectivity index (χ3v) is 2.69. The molecule has 0 bridgehead atoms. The van der Waals surface area contributed by atoms with Gasteiger partial charge in [-0.15, -0.1) is 0 Å². The third kappa shape index (κ3) is 2.19. The van der Waals surface area contributed by atoms with Crippen LogP contribution in [0.25, 0.3) is 0 Å². The second kappa shape index (κ2) is 4.29.